The minimum Gasteiger partial charge on any atom is -0.271 e. The molecule has 2 heteroatoms. The summed E-state index contributed by atoms with van der Waals surface area (Å²) in [5, 5.41) is 0. The molecule has 0 radical (unpaired) electrons. The predicted molar refractivity (Wildman–Crippen MR) is 79.3 cm³/mol. The minimum absolute atomic E-state index is 0.342. The van der Waals surface area contributed by atoms with Gasteiger partial charge in [0.1, 0.15) is 0 Å². The summed E-state index contributed by atoms with van der Waals surface area (Å²) in [7, 11) is 0. The SMILES string of the molecule is CC(C)c1ccc(CC(NN)C(C)C(C)C)cc1. The molecule has 0 bridgehead atoms. The first-order valence-electron chi connectivity index (χ1n) is 7.00. The van der Waals surface area contributed by atoms with Gasteiger partial charge in [-0.05, 0) is 35.3 Å². The molecule has 0 heterocycles. The molecule has 1 aromatic carbocycles. The first kappa shape index (κ1) is 15.2. The van der Waals surface area contributed by atoms with Crippen molar-refractivity contribution in [1.29, 1.82) is 0 Å². The maximum Gasteiger partial charge on any atom is 0.0278 e. The Morgan fingerprint density at radius 2 is 1.56 bits per heavy atom. The molecule has 0 aliphatic carbocycles. The Bertz CT molecular complexity index is 341. The number of hydrazine groups is 1. The molecular weight excluding hydrogens is 220 g/mol. The summed E-state index contributed by atoms with van der Waals surface area (Å²) >= 11 is 0. The van der Waals surface area contributed by atoms with Crippen LogP contribution in [0.1, 0.15) is 51.7 Å². The summed E-state index contributed by atoms with van der Waals surface area (Å²) in [5.74, 6) is 7.49. The minimum atomic E-state index is 0.342. The van der Waals surface area contributed by atoms with Crippen LogP contribution in [0.3, 0.4) is 0 Å². The van der Waals surface area contributed by atoms with Crippen molar-refractivity contribution in [2.45, 2.75) is 53.0 Å². The van der Waals surface area contributed by atoms with Gasteiger partial charge in [0.05, 0.1) is 0 Å². The molecule has 2 unspecified atom stereocenters. The van der Waals surface area contributed by atoms with Crippen molar-refractivity contribution in [3.8, 4) is 0 Å². The predicted octanol–water partition coefficient (Wildman–Crippen LogP) is 3.48. The largest absolute Gasteiger partial charge is 0.271 e. The zero-order valence-electron chi connectivity index (χ0n) is 12.4. The molecule has 0 spiro atoms. The van der Waals surface area contributed by atoms with Crippen molar-refractivity contribution in [2.75, 3.05) is 0 Å². The molecule has 0 amide bonds. The molecule has 0 aliphatic heterocycles. The van der Waals surface area contributed by atoms with Crippen LogP contribution in [0.25, 0.3) is 0 Å². The van der Waals surface area contributed by atoms with Gasteiger partial charge >= 0.3 is 0 Å². The van der Waals surface area contributed by atoms with E-state index in [1.165, 1.54) is 11.1 Å². The third-order valence-corrected chi connectivity index (χ3v) is 4.00. The van der Waals surface area contributed by atoms with Crippen molar-refractivity contribution in [3.63, 3.8) is 0 Å². The molecule has 0 aliphatic rings. The lowest BCUT2D eigenvalue weighted by Crippen LogP contribution is -2.43. The van der Waals surface area contributed by atoms with Gasteiger partial charge in [-0.1, -0.05) is 58.9 Å². The average Bonchev–Trinajstić information content (AvgIpc) is 2.35. The average molecular weight is 248 g/mol. The quantitative estimate of drug-likeness (QED) is 0.597. The van der Waals surface area contributed by atoms with Crippen molar-refractivity contribution in [2.24, 2.45) is 17.7 Å². The van der Waals surface area contributed by atoms with Crippen LogP contribution < -0.4 is 11.3 Å². The highest BCUT2D eigenvalue weighted by molar-refractivity contribution is 5.25. The van der Waals surface area contributed by atoms with E-state index in [2.05, 4.69) is 64.3 Å². The monoisotopic (exact) mass is 248 g/mol. The number of nitrogens with one attached hydrogen (secondary N) is 1. The first-order chi connectivity index (χ1) is 8.45. The molecule has 2 nitrogen and oxygen atoms in total. The molecule has 102 valence electrons. The van der Waals surface area contributed by atoms with Crippen molar-refractivity contribution < 1.29 is 0 Å². The van der Waals surface area contributed by atoms with E-state index >= 15 is 0 Å². The summed E-state index contributed by atoms with van der Waals surface area (Å²) < 4.78 is 0. The number of hydrogen-bond acceptors (Lipinski definition) is 2. The van der Waals surface area contributed by atoms with E-state index in [1.54, 1.807) is 0 Å². The highest BCUT2D eigenvalue weighted by atomic mass is 15.2. The molecule has 0 aromatic heterocycles. The Morgan fingerprint density at radius 1 is 1.00 bits per heavy atom. The zero-order valence-corrected chi connectivity index (χ0v) is 12.4. The fourth-order valence-corrected chi connectivity index (χ4v) is 2.15. The maximum atomic E-state index is 5.69. The van der Waals surface area contributed by atoms with Crippen LogP contribution >= 0.6 is 0 Å². The van der Waals surface area contributed by atoms with Crippen molar-refractivity contribution in [1.82, 2.24) is 5.43 Å². The summed E-state index contributed by atoms with van der Waals surface area (Å²) in [6.45, 7) is 11.2. The first-order valence-corrected chi connectivity index (χ1v) is 7.00. The van der Waals surface area contributed by atoms with Crippen molar-refractivity contribution >= 4 is 0 Å². The molecule has 0 fully saturated rings. The van der Waals surface area contributed by atoms with E-state index in [9.17, 15) is 0 Å². The van der Waals surface area contributed by atoms with E-state index in [-0.39, 0.29) is 0 Å². The number of nitrogens with two attached hydrogens (primary N) is 1. The van der Waals surface area contributed by atoms with Gasteiger partial charge in [-0.2, -0.15) is 0 Å². The fraction of sp³-hybridized carbons (Fsp3) is 0.625. The molecule has 0 saturated heterocycles. The zero-order chi connectivity index (χ0) is 13.7. The van der Waals surface area contributed by atoms with Crippen LogP contribution in [0.2, 0.25) is 0 Å². The van der Waals surface area contributed by atoms with Crippen molar-refractivity contribution in [3.05, 3.63) is 35.4 Å². The highest BCUT2D eigenvalue weighted by Gasteiger charge is 2.19. The van der Waals surface area contributed by atoms with Crippen LogP contribution in [-0.4, -0.2) is 6.04 Å². The maximum absolute atomic E-state index is 5.69. The lowest BCUT2D eigenvalue weighted by Gasteiger charge is -2.26. The summed E-state index contributed by atoms with van der Waals surface area (Å²) in [4.78, 5) is 0. The van der Waals surface area contributed by atoms with Gasteiger partial charge in [-0.15, -0.1) is 0 Å². The third kappa shape index (κ3) is 4.11. The third-order valence-electron chi connectivity index (χ3n) is 4.00. The molecule has 18 heavy (non-hydrogen) atoms. The van der Waals surface area contributed by atoms with Gasteiger partial charge in [0.2, 0.25) is 0 Å². The lowest BCUT2D eigenvalue weighted by atomic mass is 9.86. The second-order valence-corrected chi connectivity index (χ2v) is 5.98. The van der Waals surface area contributed by atoms with Crippen LogP contribution in [-0.2, 0) is 6.42 Å². The normalized spacial score (nSPS) is 15.1. The Labute approximate surface area is 112 Å². The molecule has 1 rings (SSSR count). The van der Waals surface area contributed by atoms with E-state index in [1.807, 2.05) is 0 Å². The molecule has 0 saturated carbocycles. The highest BCUT2D eigenvalue weighted by Crippen LogP contribution is 2.19. The molecule has 3 N–H and O–H groups in total. The number of benzene rings is 1. The number of rotatable bonds is 6. The Kier molecular flexibility index (Phi) is 5.83. The van der Waals surface area contributed by atoms with Gasteiger partial charge in [0, 0.05) is 6.04 Å². The molecule has 1 aromatic rings. The van der Waals surface area contributed by atoms with E-state index in [0.29, 0.717) is 23.8 Å². The topological polar surface area (TPSA) is 38.0 Å². The van der Waals surface area contributed by atoms with Gasteiger partial charge in [0.15, 0.2) is 0 Å². The van der Waals surface area contributed by atoms with Crippen LogP contribution in [0, 0.1) is 11.8 Å². The lowest BCUT2D eigenvalue weighted by molar-refractivity contribution is 0.299. The Balaban J connectivity index is 2.70. The summed E-state index contributed by atoms with van der Waals surface area (Å²) in [6, 6.07) is 9.26. The second-order valence-electron chi connectivity index (χ2n) is 5.98. The van der Waals surface area contributed by atoms with E-state index < -0.39 is 0 Å². The van der Waals surface area contributed by atoms with E-state index in [0.717, 1.165) is 6.42 Å². The Hall–Kier alpha value is -0.860. The van der Waals surface area contributed by atoms with Gasteiger partial charge in [-0.3, -0.25) is 11.3 Å². The van der Waals surface area contributed by atoms with Gasteiger partial charge < -0.3 is 0 Å². The van der Waals surface area contributed by atoms with Crippen LogP contribution in [0.4, 0.5) is 0 Å². The second kappa shape index (κ2) is 6.91. The van der Waals surface area contributed by atoms with Gasteiger partial charge in [0.25, 0.3) is 0 Å². The summed E-state index contributed by atoms with van der Waals surface area (Å²) in [6.07, 6.45) is 0.994. The standard InChI is InChI=1S/C16H28N2/c1-11(2)13(5)16(18-17)10-14-6-8-15(9-7-14)12(3)4/h6-9,11-13,16,18H,10,17H2,1-5H3. The smallest absolute Gasteiger partial charge is 0.0278 e. The summed E-state index contributed by atoms with van der Waals surface area (Å²) in [5.41, 5.74) is 5.72. The number of hydrogen-bond donors (Lipinski definition) is 2. The van der Waals surface area contributed by atoms with E-state index in [4.69, 9.17) is 5.84 Å². The van der Waals surface area contributed by atoms with Crippen LogP contribution in [0.5, 0.6) is 0 Å². The fourth-order valence-electron chi connectivity index (χ4n) is 2.15. The molecule has 2 atom stereocenters. The van der Waals surface area contributed by atoms with Gasteiger partial charge in [-0.25, -0.2) is 0 Å². The molecular formula is C16H28N2. The Morgan fingerprint density at radius 3 is 1.94 bits per heavy atom. The van der Waals surface area contributed by atoms with Crippen LogP contribution in [0.15, 0.2) is 24.3 Å².